The second-order valence-corrected chi connectivity index (χ2v) is 4.94. The standard InChI is InChI=1S/C14H10BrNO2/c15-11-5-6-13(18)14-10(11)4-2-8-1-3-9(17)7-12(8)16-14/h1-7,16-18H. The summed E-state index contributed by atoms with van der Waals surface area (Å²) in [4.78, 5) is 0. The molecule has 4 heteroatoms. The van der Waals surface area contributed by atoms with E-state index < -0.39 is 0 Å². The summed E-state index contributed by atoms with van der Waals surface area (Å²) in [7, 11) is 0. The third-order valence-corrected chi connectivity index (χ3v) is 3.59. The van der Waals surface area contributed by atoms with Crippen molar-refractivity contribution in [1.29, 1.82) is 0 Å². The van der Waals surface area contributed by atoms with Gasteiger partial charge < -0.3 is 15.5 Å². The summed E-state index contributed by atoms with van der Waals surface area (Å²) in [6.07, 6.45) is 3.87. The summed E-state index contributed by atoms with van der Waals surface area (Å²) in [6, 6.07) is 8.51. The largest absolute Gasteiger partial charge is 0.508 e. The molecule has 1 aliphatic heterocycles. The number of halogens is 1. The second-order valence-electron chi connectivity index (χ2n) is 4.09. The maximum absolute atomic E-state index is 9.92. The molecule has 0 fully saturated rings. The van der Waals surface area contributed by atoms with Crippen molar-refractivity contribution < 1.29 is 10.2 Å². The summed E-state index contributed by atoms with van der Waals surface area (Å²) < 4.78 is 0.899. The van der Waals surface area contributed by atoms with Crippen LogP contribution in [0, 0.1) is 0 Å². The number of benzene rings is 2. The molecule has 2 aromatic carbocycles. The van der Waals surface area contributed by atoms with Crippen LogP contribution in [0.15, 0.2) is 34.8 Å². The summed E-state index contributed by atoms with van der Waals surface area (Å²) in [5, 5.41) is 22.6. The number of hydrogen-bond donors (Lipinski definition) is 3. The molecule has 3 nitrogen and oxygen atoms in total. The Kier molecular flexibility index (Phi) is 2.52. The third kappa shape index (κ3) is 1.75. The zero-order valence-electron chi connectivity index (χ0n) is 9.31. The first-order valence-corrected chi connectivity index (χ1v) is 6.24. The SMILES string of the molecule is Oc1ccc2c(c1)Nc1c(O)ccc(Br)c1C=C2. The van der Waals surface area contributed by atoms with Gasteiger partial charge in [0.25, 0.3) is 0 Å². The summed E-state index contributed by atoms with van der Waals surface area (Å²) in [5.41, 5.74) is 3.23. The molecule has 0 unspecified atom stereocenters. The molecule has 3 rings (SSSR count). The molecule has 0 bridgehead atoms. The first-order chi connectivity index (χ1) is 8.65. The van der Waals surface area contributed by atoms with Crippen LogP contribution in [0.1, 0.15) is 11.1 Å². The summed E-state index contributed by atoms with van der Waals surface area (Å²) >= 11 is 3.46. The van der Waals surface area contributed by atoms with Crippen LogP contribution in [0.5, 0.6) is 11.5 Å². The molecule has 0 aromatic heterocycles. The van der Waals surface area contributed by atoms with E-state index in [2.05, 4.69) is 21.2 Å². The molecule has 90 valence electrons. The minimum absolute atomic E-state index is 0.175. The van der Waals surface area contributed by atoms with Crippen LogP contribution in [-0.4, -0.2) is 10.2 Å². The molecule has 0 amide bonds. The number of fused-ring (bicyclic) bond motifs is 2. The highest BCUT2D eigenvalue weighted by Gasteiger charge is 2.14. The highest BCUT2D eigenvalue weighted by Crippen LogP contribution is 2.40. The van der Waals surface area contributed by atoms with Crippen LogP contribution in [-0.2, 0) is 0 Å². The minimum atomic E-state index is 0.175. The fraction of sp³-hybridized carbons (Fsp3) is 0. The molecule has 0 aliphatic carbocycles. The third-order valence-electron chi connectivity index (χ3n) is 2.90. The van der Waals surface area contributed by atoms with Gasteiger partial charge in [-0.25, -0.2) is 0 Å². The predicted octanol–water partition coefficient (Wildman–Crippen LogP) is 4.09. The van der Waals surface area contributed by atoms with Crippen molar-refractivity contribution in [2.75, 3.05) is 5.32 Å². The average molecular weight is 304 g/mol. The van der Waals surface area contributed by atoms with Gasteiger partial charge in [-0.05, 0) is 29.8 Å². The number of phenolic OH excluding ortho intramolecular Hbond substituents is 2. The summed E-state index contributed by atoms with van der Waals surface area (Å²) in [6.45, 7) is 0. The fourth-order valence-corrected chi connectivity index (χ4v) is 2.45. The smallest absolute Gasteiger partial charge is 0.139 e. The van der Waals surface area contributed by atoms with Crippen LogP contribution >= 0.6 is 15.9 Å². The summed E-state index contributed by atoms with van der Waals surface area (Å²) in [5.74, 6) is 0.363. The maximum atomic E-state index is 9.92. The van der Waals surface area contributed by atoms with Crippen LogP contribution in [0.3, 0.4) is 0 Å². The van der Waals surface area contributed by atoms with Gasteiger partial charge in [0.2, 0.25) is 0 Å². The van der Waals surface area contributed by atoms with Gasteiger partial charge >= 0.3 is 0 Å². The highest BCUT2D eigenvalue weighted by atomic mass is 79.9. The molecule has 0 saturated carbocycles. The molecule has 0 atom stereocenters. The van der Waals surface area contributed by atoms with Crippen molar-refractivity contribution in [1.82, 2.24) is 0 Å². The lowest BCUT2D eigenvalue weighted by molar-refractivity contribution is 0.474. The van der Waals surface area contributed by atoms with Gasteiger partial charge in [-0.15, -0.1) is 0 Å². The Hall–Kier alpha value is -1.94. The molecule has 0 radical (unpaired) electrons. The molecule has 0 saturated heterocycles. The quantitative estimate of drug-likeness (QED) is 0.548. The topological polar surface area (TPSA) is 52.5 Å². The number of anilines is 2. The van der Waals surface area contributed by atoms with Crippen molar-refractivity contribution in [3.05, 3.63) is 45.9 Å². The normalized spacial score (nSPS) is 12.3. The number of nitrogens with one attached hydrogen (secondary N) is 1. The predicted molar refractivity (Wildman–Crippen MR) is 76.1 cm³/mol. The fourth-order valence-electron chi connectivity index (χ4n) is 1.98. The molecule has 2 aromatic rings. The molecule has 1 heterocycles. The van der Waals surface area contributed by atoms with Gasteiger partial charge in [0.1, 0.15) is 11.5 Å². The number of hydrogen-bond acceptors (Lipinski definition) is 3. The van der Waals surface area contributed by atoms with E-state index in [1.807, 2.05) is 18.2 Å². The van der Waals surface area contributed by atoms with E-state index in [9.17, 15) is 10.2 Å². The van der Waals surface area contributed by atoms with Crippen molar-refractivity contribution >= 4 is 39.5 Å². The first-order valence-electron chi connectivity index (χ1n) is 5.45. The molecule has 0 spiro atoms. The van der Waals surface area contributed by atoms with Crippen LogP contribution < -0.4 is 5.32 Å². The minimum Gasteiger partial charge on any atom is -0.508 e. The molecular weight excluding hydrogens is 294 g/mol. The van der Waals surface area contributed by atoms with Crippen molar-refractivity contribution in [2.45, 2.75) is 0 Å². The van der Waals surface area contributed by atoms with Crippen molar-refractivity contribution in [2.24, 2.45) is 0 Å². The van der Waals surface area contributed by atoms with Crippen LogP contribution in [0.25, 0.3) is 12.2 Å². The Labute approximate surface area is 113 Å². The Morgan fingerprint density at radius 2 is 1.83 bits per heavy atom. The number of rotatable bonds is 0. The molecular formula is C14H10BrNO2. The van der Waals surface area contributed by atoms with Gasteiger partial charge in [-0.1, -0.05) is 28.1 Å². The van der Waals surface area contributed by atoms with Gasteiger partial charge in [0, 0.05) is 21.8 Å². The van der Waals surface area contributed by atoms with Gasteiger partial charge in [0.05, 0.1) is 5.69 Å². The van der Waals surface area contributed by atoms with Crippen molar-refractivity contribution in [3.63, 3.8) is 0 Å². The monoisotopic (exact) mass is 303 g/mol. The molecule has 1 aliphatic rings. The van der Waals surface area contributed by atoms with E-state index >= 15 is 0 Å². The van der Waals surface area contributed by atoms with E-state index in [1.165, 1.54) is 0 Å². The van der Waals surface area contributed by atoms with Crippen molar-refractivity contribution in [3.8, 4) is 11.5 Å². The lowest BCUT2D eigenvalue weighted by Crippen LogP contribution is -1.94. The van der Waals surface area contributed by atoms with Gasteiger partial charge in [0.15, 0.2) is 0 Å². The van der Waals surface area contributed by atoms with E-state index in [4.69, 9.17) is 0 Å². The van der Waals surface area contributed by atoms with E-state index in [1.54, 1.807) is 24.3 Å². The first kappa shape index (κ1) is 11.2. The zero-order chi connectivity index (χ0) is 12.7. The number of aromatic hydroxyl groups is 2. The Morgan fingerprint density at radius 3 is 2.67 bits per heavy atom. The average Bonchev–Trinajstić information content (AvgIpc) is 2.53. The van der Waals surface area contributed by atoms with E-state index in [0.29, 0.717) is 5.69 Å². The zero-order valence-corrected chi connectivity index (χ0v) is 10.9. The van der Waals surface area contributed by atoms with Crippen LogP contribution in [0.4, 0.5) is 11.4 Å². The Bertz CT molecular complexity index is 665. The molecule has 3 N–H and O–H groups in total. The van der Waals surface area contributed by atoms with Gasteiger partial charge in [-0.3, -0.25) is 0 Å². The Balaban J connectivity index is 2.24. The second kappa shape index (κ2) is 4.07. The highest BCUT2D eigenvalue weighted by molar-refractivity contribution is 9.10. The number of phenols is 2. The van der Waals surface area contributed by atoms with Crippen LogP contribution in [0.2, 0.25) is 0 Å². The lowest BCUT2D eigenvalue weighted by Gasteiger charge is -2.12. The van der Waals surface area contributed by atoms with E-state index in [-0.39, 0.29) is 11.5 Å². The molecule has 18 heavy (non-hydrogen) atoms. The Morgan fingerprint density at radius 1 is 1.00 bits per heavy atom. The maximum Gasteiger partial charge on any atom is 0.139 e. The van der Waals surface area contributed by atoms with E-state index in [0.717, 1.165) is 21.3 Å². The lowest BCUT2D eigenvalue weighted by atomic mass is 10.1. The van der Waals surface area contributed by atoms with Gasteiger partial charge in [-0.2, -0.15) is 0 Å².